The van der Waals surface area contributed by atoms with E-state index in [1.165, 1.54) is 23.1 Å². The van der Waals surface area contributed by atoms with Crippen LogP contribution >= 0.6 is 23.1 Å². The highest BCUT2D eigenvalue weighted by Gasteiger charge is 2.28. The minimum atomic E-state index is -0.371. The van der Waals surface area contributed by atoms with Crippen LogP contribution in [0.4, 0.5) is 5.00 Å². The average molecular weight is 473 g/mol. The minimum Gasteiger partial charge on any atom is -0.496 e. The Morgan fingerprint density at radius 1 is 1.25 bits per heavy atom. The number of ether oxygens (including phenoxy) is 2. The normalized spacial score (nSPS) is 12.5. The maximum Gasteiger partial charge on any atom is 0.341 e. The second kappa shape index (κ2) is 9.74. The second-order valence-corrected chi connectivity index (χ2v) is 9.23. The number of para-hydroxylation sites is 1. The van der Waals surface area contributed by atoms with Gasteiger partial charge >= 0.3 is 5.97 Å². The van der Waals surface area contributed by atoms with Crippen molar-refractivity contribution >= 4 is 40.0 Å². The summed E-state index contributed by atoms with van der Waals surface area (Å²) in [5.74, 6) is 0.925. The van der Waals surface area contributed by atoms with Crippen LogP contribution in [-0.4, -0.2) is 46.1 Å². The summed E-state index contributed by atoms with van der Waals surface area (Å²) in [6.45, 7) is 2.08. The quantitative estimate of drug-likeness (QED) is 0.392. The SMILES string of the molecule is CCOC(=O)c1c(NC(=O)CSc2nnc(-c3ccccc3OC)n2C)sc2c1CCC2. The Labute approximate surface area is 194 Å². The number of thiophene rings is 1. The molecule has 0 atom stereocenters. The summed E-state index contributed by atoms with van der Waals surface area (Å²) in [5.41, 5.74) is 2.36. The zero-order valence-electron chi connectivity index (χ0n) is 18.1. The molecule has 10 heteroatoms. The molecule has 2 heterocycles. The van der Waals surface area contributed by atoms with E-state index in [1.807, 2.05) is 35.9 Å². The minimum absolute atomic E-state index is 0.142. The van der Waals surface area contributed by atoms with Crippen molar-refractivity contribution in [1.29, 1.82) is 0 Å². The predicted octanol–water partition coefficient (Wildman–Crippen LogP) is 3.95. The number of rotatable bonds is 8. The van der Waals surface area contributed by atoms with Crippen LogP contribution in [0.2, 0.25) is 0 Å². The predicted molar refractivity (Wildman–Crippen MR) is 125 cm³/mol. The molecule has 4 rings (SSSR count). The lowest BCUT2D eigenvalue weighted by Gasteiger charge is -2.09. The van der Waals surface area contributed by atoms with Crippen molar-refractivity contribution in [3.05, 3.63) is 40.3 Å². The molecule has 1 N–H and O–H groups in total. The Bertz CT molecular complexity index is 1160. The van der Waals surface area contributed by atoms with E-state index in [0.29, 0.717) is 33.9 Å². The number of benzene rings is 1. The lowest BCUT2D eigenvalue weighted by molar-refractivity contribution is -0.113. The summed E-state index contributed by atoms with van der Waals surface area (Å²) < 4.78 is 12.5. The average Bonchev–Trinajstić information content (AvgIpc) is 3.47. The zero-order valence-corrected chi connectivity index (χ0v) is 19.8. The zero-order chi connectivity index (χ0) is 22.7. The monoisotopic (exact) mass is 472 g/mol. The largest absolute Gasteiger partial charge is 0.496 e. The number of esters is 1. The number of hydrogen-bond acceptors (Lipinski definition) is 8. The molecule has 0 spiro atoms. The molecule has 0 aliphatic heterocycles. The molecule has 2 aromatic heterocycles. The van der Waals surface area contributed by atoms with Gasteiger partial charge < -0.3 is 19.4 Å². The Morgan fingerprint density at radius 3 is 2.84 bits per heavy atom. The topological polar surface area (TPSA) is 95.3 Å². The third-order valence-electron chi connectivity index (χ3n) is 5.17. The molecule has 8 nitrogen and oxygen atoms in total. The van der Waals surface area contributed by atoms with E-state index in [9.17, 15) is 9.59 Å². The molecule has 168 valence electrons. The Balaban J connectivity index is 1.46. The molecule has 0 saturated carbocycles. The van der Waals surface area contributed by atoms with E-state index in [0.717, 1.165) is 35.3 Å². The van der Waals surface area contributed by atoms with Crippen LogP contribution in [0.3, 0.4) is 0 Å². The standard InChI is InChI=1S/C22H24N4O4S2/c1-4-30-21(28)18-14-9-7-11-16(14)32-20(18)23-17(27)12-31-22-25-24-19(26(22)2)13-8-5-6-10-15(13)29-3/h5-6,8,10H,4,7,9,11-12H2,1-3H3,(H,23,27). The highest BCUT2D eigenvalue weighted by atomic mass is 32.2. The number of hydrogen-bond donors (Lipinski definition) is 1. The molecule has 1 amide bonds. The van der Waals surface area contributed by atoms with Gasteiger partial charge in [-0.25, -0.2) is 4.79 Å². The summed E-state index contributed by atoms with van der Waals surface area (Å²) in [6.07, 6.45) is 2.80. The number of nitrogens with zero attached hydrogens (tertiary/aromatic N) is 3. The Kier molecular flexibility index (Phi) is 6.80. The van der Waals surface area contributed by atoms with Crippen molar-refractivity contribution in [2.75, 3.05) is 24.8 Å². The molecular weight excluding hydrogens is 448 g/mol. The first-order chi connectivity index (χ1) is 15.5. The molecule has 3 aromatic rings. The number of anilines is 1. The van der Waals surface area contributed by atoms with Crippen molar-refractivity contribution in [2.24, 2.45) is 7.05 Å². The molecule has 1 aliphatic rings. The number of methoxy groups -OCH3 is 1. The van der Waals surface area contributed by atoms with Crippen molar-refractivity contribution in [1.82, 2.24) is 14.8 Å². The number of aromatic nitrogens is 3. The van der Waals surface area contributed by atoms with Crippen molar-refractivity contribution < 1.29 is 19.1 Å². The number of aryl methyl sites for hydroxylation is 1. The van der Waals surface area contributed by atoms with Gasteiger partial charge in [0.1, 0.15) is 10.8 Å². The number of amides is 1. The van der Waals surface area contributed by atoms with Gasteiger partial charge in [-0.1, -0.05) is 23.9 Å². The molecule has 0 unspecified atom stereocenters. The molecule has 0 bridgehead atoms. The van der Waals surface area contributed by atoms with Crippen LogP contribution in [0, 0.1) is 0 Å². The molecule has 0 saturated heterocycles. The van der Waals surface area contributed by atoms with E-state index in [2.05, 4.69) is 15.5 Å². The van der Waals surface area contributed by atoms with Crippen molar-refractivity contribution in [2.45, 2.75) is 31.3 Å². The summed E-state index contributed by atoms with van der Waals surface area (Å²) in [5, 5.41) is 12.6. The number of thioether (sulfide) groups is 1. The fourth-order valence-corrected chi connectivity index (χ4v) is 5.71. The maximum absolute atomic E-state index is 12.7. The smallest absolute Gasteiger partial charge is 0.341 e. The van der Waals surface area contributed by atoms with Crippen LogP contribution in [-0.2, 0) is 29.4 Å². The van der Waals surface area contributed by atoms with Crippen LogP contribution < -0.4 is 10.1 Å². The fourth-order valence-electron chi connectivity index (χ4n) is 3.71. The van der Waals surface area contributed by atoms with E-state index < -0.39 is 0 Å². The van der Waals surface area contributed by atoms with E-state index >= 15 is 0 Å². The van der Waals surface area contributed by atoms with Gasteiger partial charge in [0, 0.05) is 11.9 Å². The number of fused-ring (bicyclic) bond motifs is 1. The van der Waals surface area contributed by atoms with Crippen molar-refractivity contribution in [3.63, 3.8) is 0 Å². The summed E-state index contributed by atoms with van der Waals surface area (Å²) in [4.78, 5) is 26.3. The van der Waals surface area contributed by atoms with Gasteiger partial charge in [0.25, 0.3) is 0 Å². The lowest BCUT2D eigenvalue weighted by atomic mass is 10.1. The lowest BCUT2D eigenvalue weighted by Crippen LogP contribution is -2.17. The summed E-state index contributed by atoms with van der Waals surface area (Å²) in [7, 11) is 3.46. The highest BCUT2D eigenvalue weighted by molar-refractivity contribution is 7.99. The van der Waals surface area contributed by atoms with Gasteiger partial charge in [-0.2, -0.15) is 0 Å². The van der Waals surface area contributed by atoms with Gasteiger partial charge in [0.2, 0.25) is 5.91 Å². The third kappa shape index (κ3) is 4.37. The third-order valence-corrected chi connectivity index (χ3v) is 7.40. The number of nitrogens with one attached hydrogen (secondary N) is 1. The van der Waals surface area contributed by atoms with Crippen LogP contribution in [0.5, 0.6) is 5.75 Å². The van der Waals surface area contributed by atoms with Crippen LogP contribution in [0.15, 0.2) is 29.4 Å². The Hall–Kier alpha value is -2.85. The molecule has 32 heavy (non-hydrogen) atoms. The first-order valence-electron chi connectivity index (χ1n) is 10.3. The van der Waals surface area contributed by atoms with Crippen LogP contribution in [0.1, 0.15) is 34.1 Å². The second-order valence-electron chi connectivity index (χ2n) is 7.18. The van der Waals surface area contributed by atoms with Gasteiger partial charge in [-0.05, 0) is 43.9 Å². The fraction of sp³-hybridized carbons (Fsp3) is 0.364. The summed E-state index contributed by atoms with van der Waals surface area (Å²) >= 11 is 2.76. The van der Waals surface area contributed by atoms with E-state index in [-0.39, 0.29) is 17.6 Å². The van der Waals surface area contributed by atoms with E-state index in [4.69, 9.17) is 9.47 Å². The van der Waals surface area contributed by atoms with Gasteiger partial charge in [0.15, 0.2) is 11.0 Å². The number of carbonyl (C=O) groups is 2. The van der Waals surface area contributed by atoms with Crippen molar-refractivity contribution in [3.8, 4) is 17.1 Å². The highest BCUT2D eigenvalue weighted by Crippen LogP contribution is 2.39. The van der Waals surface area contributed by atoms with E-state index in [1.54, 1.807) is 14.0 Å². The molecular formula is C22H24N4O4S2. The van der Waals surface area contributed by atoms with Crippen LogP contribution in [0.25, 0.3) is 11.4 Å². The molecule has 1 aliphatic carbocycles. The Morgan fingerprint density at radius 2 is 2.06 bits per heavy atom. The molecule has 0 fully saturated rings. The molecule has 1 aromatic carbocycles. The summed E-state index contributed by atoms with van der Waals surface area (Å²) in [6, 6.07) is 7.58. The first-order valence-corrected chi connectivity index (χ1v) is 12.1. The van der Waals surface area contributed by atoms with Gasteiger partial charge in [-0.15, -0.1) is 21.5 Å². The first kappa shape index (κ1) is 22.3. The maximum atomic E-state index is 12.7. The number of carbonyl (C=O) groups excluding carboxylic acids is 2. The van der Waals surface area contributed by atoms with Gasteiger partial charge in [-0.3, -0.25) is 4.79 Å². The molecule has 0 radical (unpaired) electrons. The van der Waals surface area contributed by atoms with Gasteiger partial charge in [0.05, 0.1) is 30.6 Å².